The molecule has 0 atom stereocenters. The van der Waals surface area contributed by atoms with Crippen molar-refractivity contribution in [3.05, 3.63) is 45.8 Å². The van der Waals surface area contributed by atoms with Gasteiger partial charge in [0.1, 0.15) is 10.8 Å². The zero-order valence-corrected chi connectivity index (χ0v) is 15.7. The van der Waals surface area contributed by atoms with Gasteiger partial charge in [-0.3, -0.25) is 9.69 Å². The van der Waals surface area contributed by atoms with Crippen molar-refractivity contribution in [2.75, 3.05) is 25.5 Å². The number of amides is 1. The lowest BCUT2D eigenvalue weighted by molar-refractivity contribution is -0.115. The zero-order chi connectivity index (χ0) is 18.7. The summed E-state index contributed by atoms with van der Waals surface area (Å²) in [7, 11) is 1.59. The fourth-order valence-electron chi connectivity index (χ4n) is 3.14. The van der Waals surface area contributed by atoms with Crippen LogP contribution in [-0.4, -0.2) is 42.1 Å². The van der Waals surface area contributed by atoms with E-state index in [-0.39, 0.29) is 17.9 Å². The Morgan fingerprint density at radius 2 is 2.04 bits per heavy atom. The van der Waals surface area contributed by atoms with Gasteiger partial charge in [-0.1, -0.05) is 19.1 Å². The molecule has 0 saturated carbocycles. The molecule has 1 aromatic carbocycles. The van der Waals surface area contributed by atoms with Crippen molar-refractivity contribution in [3.8, 4) is 5.75 Å². The Bertz CT molecular complexity index is 814. The van der Waals surface area contributed by atoms with Crippen molar-refractivity contribution >= 4 is 28.2 Å². The Labute approximate surface area is 156 Å². The van der Waals surface area contributed by atoms with Gasteiger partial charge in [-0.05, 0) is 36.2 Å². The molecular weight excluding hydrogens is 352 g/mol. The number of carbonyl (C=O) groups excluding carboxylic acids is 1. The maximum atomic E-state index is 12.4. The van der Waals surface area contributed by atoms with Crippen LogP contribution in [0.5, 0.6) is 5.75 Å². The number of carbonyl (C=O) groups is 2. The molecule has 6 nitrogen and oxygen atoms in total. The molecular formula is C19H22N2O4S. The molecule has 1 aromatic heterocycles. The number of ether oxygens (including phenoxy) is 1. The molecule has 0 unspecified atom stereocenters. The van der Waals surface area contributed by atoms with Crippen molar-refractivity contribution in [2.24, 2.45) is 0 Å². The Morgan fingerprint density at radius 3 is 2.65 bits per heavy atom. The van der Waals surface area contributed by atoms with Crippen molar-refractivity contribution in [2.45, 2.75) is 26.3 Å². The molecule has 2 N–H and O–H groups in total. The van der Waals surface area contributed by atoms with Gasteiger partial charge in [0.25, 0.3) is 0 Å². The van der Waals surface area contributed by atoms with Gasteiger partial charge in [0.05, 0.1) is 19.1 Å². The van der Waals surface area contributed by atoms with E-state index >= 15 is 0 Å². The second-order valence-electron chi connectivity index (χ2n) is 6.20. The van der Waals surface area contributed by atoms with Crippen LogP contribution >= 0.6 is 11.3 Å². The Balaban J connectivity index is 1.77. The average Bonchev–Trinajstić information content (AvgIpc) is 2.99. The van der Waals surface area contributed by atoms with Crippen molar-refractivity contribution < 1.29 is 19.4 Å². The molecule has 2 aromatic rings. The fourth-order valence-corrected chi connectivity index (χ4v) is 4.44. The quantitative estimate of drug-likeness (QED) is 0.813. The van der Waals surface area contributed by atoms with Gasteiger partial charge in [-0.25, -0.2) is 4.79 Å². The van der Waals surface area contributed by atoms with Crippen molar-refractivity contribution in [3.63, 3.8) is 0 Å². The second-order valence-corrected chi connectivity index (χ2v) is 7.31. The monoisotopic (exact) mass is 374 g/mol. The van der Waals surface area contributed by atoms with Crippen LogP contribution in [0.2, 0.25) is 0 Å². The van der Waals surface area contributed by atoms with E-state index in [9.17, 15) is 14.7 Å². The molecule has 0 aliphatic carbocycles. The van der Waals surface area contributed by atoms with E-state index in [1.54, 1.807) is 19.2 Å². The van der Waals surface area contributed by atoms with E-state index in [4.69, 9.17) is 4.74 Å². The number of aromatic carboxylic acids is 1. The van der Waals surface area contributed by atoms with Crippen molar-refractivity contribution in [1.82, 2.24) is 4.90 Å². The number of benzene rings is 1. The van der Waals surface area contributed by atoms with Crippen LogP contribution in [0.15, 0.2) is 24.3 Å². The van der Waals surface area contributed by atoms with Gasteiger partial charge in [0, 0.05) is 18.0 Å². The van der Waals surface area contributed by atoms with Gasteiger partial charge in [-0.15, -0.1) is 11.3 Å². The number of likely N-dealkylation sites (N-methyl/N-ethyl adjacent to an activating group) is 1. The molecule has 0 bridgehead atoms. The van der Waals surface area contributed by atoms with E-state index in [0.29, 0.717) is 11.4 Å². The minimum atomic E-state index is -0.979. The summed E-state index contributed by atoms with van der Waals surface area (Å²) in [6.07, 6.45) is 0.891. The van der Waals surface area contributed by atoms with Crippen LogP contribution in [0.4, 0.5) is 5.00 Å². The first-order valence-corrected chi connectivity index (χ1v) is 9.36. The molecule has 3 rings (SSSR count). The van der Waals surface area contributed by atoms with Crippen LogP contribution in [0, 0.1) is 0 Å². The van der Waals surface area contributed by atoms with Gasteiger partial charge in [0.15, 0.2) is 0 Å². The average molecular weight is 374 g/mol. The maximum absolute atomic E-state index is 12.4. The van der Waals surface area contributed by atoms with Crippen LogP contribution in [0.25, 0.3) is 0 Å². The minimum absolute atomic E-state index is 0.187. The zero-order valence-electron chi connectivity index (χ0n) is 14.9. The Kier molecular flexibility index (Phi) is 5.58. The van der Waals surface area contributed by atoms with Crippen LogP contribution in [0.3, 0.4) is 0 Å². The second kappa shape index (κ2) is 7.88. The molecule has 26 heavy (non-hydrogen) atoms. The number of carboxylic acids is 1. The lowest BCUT2D eigenvalue weighted by Gasteiger charge is -2.25. The van der Waals surface area contributed by atoms with Gasteiger partial charge >= 0.3 is 5.97 Å². The summed E-state index contributed by atoms with van der Waals surface area (Å²) in [6, 6.07) is 7.26. The summed E-state index contributed by atoms with van der Waals surface area (Å²) in [5, 5.41) is 12.9. The molecule has 0 spiro atoms. The number of rotatable bonds is 6. The number of hydrogen-bond acceptors (Lipinski definition) is 5. The summed E-state index contributed by atoms with van der Waals surface area (Å²) >= 11 is 1.38. The highest BCUT2D eigenvalue weighted by Crippen LogP contribution is 2.37. The van der Waals surface area contributed by atoms with E-state index in [2.05, 4.69) is 17.1 Å². The lowest BCUT2D eigenvalue weighted by Crippen LogP contribution is -2.29. The number of hydrogen-bond donors (Lipinski definition) is 2. The first-order valence-electron chi connectivity index (χ1n) is 8.54. The van der Waals surface area contributed by atoms with Gasteiger partial charge < -0.3 is 15.2 Å². The molecule has 138 valence electrons. The van der Waals surface area contributed by atoms with Crippen LogP contribution in [0.1, 0.15) is 33.3 Å². The number of anilines is 1. The molecule has 2 heterocycles. The molecule has 0 radical (unpaired) electrons. The summed E-state index contributed by atoms with van der Waals surface area (Å²) < 4.78 is 5.11. The third kappa shape index (κ3) is 3.89. The molecule has 0 fully saturated rings. The molecule has 0 saturated heterocycles. The van der Waals surface area contributed by atoms with E-state index in [1.807, 2.05) is 12.1 Å². The standard InChI is InChI=1S/C19H22N2O4S/c1-3-21-9-8-14-15(11-21)26-18(17(14)19(23)24)20-16(22)10-12-4-6-13(25-2)7-5-12/h4-7H,3,8-11H2,1-2H3,(H,20,22)(H,23,24). The number of nitrogens with one attached hydrogen (secondary N) is 1. The first-order chi connectivity index (χ1) is 12.5. The predicted molar refractivity (Wildman–Crippen MR) is 101 cm³/mol. The smallest absolute Gasteiger partial charge is 0.339 e. The Hall–Kier alpha value is -2.38. The number of fused-ring (bicyclic) bond motifs is 1. The largest absolute Gasteiger partial charge is 0.497 e. The summed E-state index contributed by atoms with van der Waals surface area (Å²) in [6.45, 7) is 4.61. The van der Waals surface area contributed by atoms with Crippen LogP contribution in [-0.2, 0) is 24.2 Å². The van der Waals surface area contributed by atoms with E-state index < -0.39 is 5.97 Å². The summed E-state index contributed by atoms with van der Waals surface area (Å²) in [5.41, 5.74) is 1.97. The highest BCUT2D eigenvalue weighted by atomic mass is 32.1. The summed E-state index contributed by atoms with van der Waals surface area (Å²) in [5.74, 6) is -0.468. The first kappa shape index (κ1) is 18.4. The molecule has 1 aliphatic heterocycles. The fraction of sp³-hybridized carbons (Fsp3) is 0.368. The number of carboxylic acid groups (broad SMARTS) is 1. The third-order valence-corrected chi connectivity index (χ3v) is 5.71. The van der Waals surface area contributed by atoms with E-state index in [1.165, 1.54) is 11.3 Å². The summed E-state index contributed by atoms with van der Waals surface area (Å²) in [4.78, 5) is 27.5. The maximum Gasteiger partial charge on any atom is 0.339 e. The predicted octanol–water partition coefficient (Wildman–Crippen LogP) is 3.01. The number of thiophene rings is 1. The SMILES string of the molecule is CCN1CCc2c(sc(NC(=O)Cc3ccc(OC)cc3)c2C(=O)O)C1. The molecule has 1 amide bonds. The normalized spacial score (nSPS) is 13.9. The number of methoxy groups -OCH3 is 1. The topological polar surface area (TPSA) is 78.9 Å². The highest BCUT2D eigenvalue weighted by molar-refractivity contribution is 7.17. The Morgan fingerprint density at radius 1 is 1.31 bits per heavy atom. The third-order valence-electron chi connectivity index (χ3n) is 4.57. The van der Waals surface area contributed by atoms with Crippen LogP contribution < -0.4 is 10.1 Å². The van der Waals surface area contributed by atoms with Crippen molar-refractivity contribution in [1.29, 1.82) is 0 Å². The van der Waals surface area contributed by atoms with E-state index in [0.717, 1.165) is 41.4 Å². The number of nitrogens with zero attached hydrogens (tertiary/aromatic N) is 1. The van der Waals surface area contributed by atoms with Gasteiger partial charge in [-0.2, -0.15) is 0 Å². The molecule has 7 heteroatoms. The van der Waals surface area contributed by atoms with Gasteiger partial charge in [0.2, 0.25) is 5.91 Å². The lowest BCUT2D eigenvalue weighted by atomic mass is 10.0. The molecule has 1 aliphatic rings. The minimum Gasteiger partial charge on any atom is -0.497 e. The highest BCUT2D eigenvalue weighted by Gasteiger charge is 2.28.